The predicted octanol–water partition coefficient (Wildman–Crippen LogP) is 7.32. The van der Waals surface area contributed by atoms with Gasteiger partial charge in [0.05, 0.1) is 5.41 Å². The third kappa shape index (κ3) is 7.51. The number of halogens is 4. The fourth-order valence-corrected chi connectivity index (χ4v) is 7.55. The van der Waals surface area contributed by atoms with Gasteiger partial charge < -0.3 is 14.7 Å². The number of benzene rings is 4. The first-order chi connectivity index (χ1) is 22.9. The number of anilines is 1. The zero-order valence-electron chi connectivity index (χ0n) is 28.7. The number of unbranched alkanes of at least 4 members (excludes halogenated alkanes) is 2. The van der Waals surface area contributed by atoms with E-state index in [1.54, 1.807) is 0 Å². The van der Waals surface area contributed by atoms with E-state index in [9.17, 15) is 17.7 Å². The summed E-state index contributed by atoms with van der Waals surface area (Å²) < 4.78 is 31.3. The van der Waals surface area contributed by atoms with E-state index < -0.39 is 13.5 Å². The third-order valence-electron chi connectivity index (χ3n) is 9.65. The molecule has 4 aromatic carbocycles. The first-order valence-corrected chi connectivity index (χ1v) is 16.5. The molecule has 0 aliphatic carbocycles. The molecule has 0 bridgehead atoms. The van der Waals surface area contributed by atoms with Crippen molar-refractivity contribution >= 4 is 52.1 Å². The Morgan fingerprint density at radius 3 is 2.02 bits per heavy atom. The van der Waals surface area contributed by atoms with E-state index in [4.69, 9.17) is 5.11 Å². The van der Waals surface area contributed by atoms with Crippen molar-refractivity contribution in [2.75, 3.05) is 18.5 Å². The van der Waals surface area contributed by atoms with Gasteiger partial charge in [0.1, 0.15) is 7.05 Å². The Morgan fingerprint density at radius 2 is 1.39 bits per heavy atom. The fraction of sp³-hybridized carbons (Fsp3) is 0.300. The molecular weight excluding hydrogens is 627 g/mol. The van der Waals surface area contributed by atoms with E-state index in [0.29, 0.717) is 6.42 Å². The zero-order valence-corrected chi connectivity index (χ0v) is 28.7. The van der Waals surface area contributed by atoms with Crippen molar-refractivity contribution in [1.29, 1.82) is 0 Å². The number of fused-ring (bicyclic) bond motifs is 6. The lowest BCUT2D eigenvalue weighted by Gasteiger charge is -2.27. The van der Waals surface area contributed by atoms with Crippen LogP contribution in [0.3, 0.4) is 0 Å². The van der Waals surface area contributed by atoms with Crippen LogP contribution in [-0.4, -0.2) is 42.5 Å². The first kappa shape index (κ1) is 37.2. The van der Waals surface area contributed by atoms with Crippen molar-refractivity contribution < 1.29 is 32.1 Å². The maximum atomic E-state index is 11.0. The SMILES string of the molecule is C[N+]1=C(C=CC=CC=C2N(CCCCCC(=O)O)c3ccc4ccccc4c3C2(C)C)C(C)(C)c2c1ccc1ccccc21.FB(F)F.[F-]. The highest BCUT2D eigenvalue weighted by molar-refractivity contribution is 6.33. The second-order valence-electron chi connectivity index (χ2n) is 13.5. The fourth-order valence-electron chi connectivity index (χ4n) is 7.55. The Morgan fingerprint density at radius 1 is 0.796 bits per heavy atom. The van der Waals surface area contributed by atoms with Crippen LogP contribution in [0.15, 0.2) is 109 Å². The van der Waals surface area contributed by atoms with Crippen molar-refractivity contribution in [2.45, 2.75) is 64.2 Å². The number of carbonyl (C=O) groups is 1. The summed E-state index contributed by atoms with van der Waals surface area (Å²) in [6, 6.07) is 26.3. The van der Waals surface area contributed by atoms with Crippen LogP contribution in [0.2, 0.25) is 0 Å². The van der Waals surface area contributed by atoms with Gasteiger partial charge in [0.2, 0.25) is 5.69 Å². The molecule has 2 heterocycles. The normalized spacial score (nSPS) is 16.7. The molecule has 0 amide bonds. The second-order valence-corrected chi connectivity index (χ2v) is 13.5. The van der Waals surface area contributed by atoms with Crippen LogP contribution in [-0.2, 0) is 15.6 Å². The van der Waals surface area contributed by atoms with E-state index >= 15 is 0 Å². The molecule has 0 aromatic heterocycles. The van der Waals surface area contributed by atoms with Crippen molar-refractivity contribution in [2.24, 2.45) is 0 Å². The maximum absolute atomic E-state index is 11.0. The largest absolute Gasteiger partial charge is 1.00 e. The summed E-state index contributed by atoms with van der Waals surface area (Å²) in [5.74, 6) is -0.717. The number of carboxylic acid groups (broad SMARTS) is 1. The molecule has 4 aromatic rings. The molecular formula is C40H43BF4N2O2. The lowest BCUT2D eigenvalue weighted by atomic mass is 9.79. The Labute approximate surface area is 286 Å². The summed E-state index contributed by atoms with van der Waals surface area (Å²) in [5, 5.41) is 14.2. The van der Waals surface area contributed by atoms with Gasteiger partial charge in [-0.05, 0) is 72.0 Å². The summed E-state index contributed by atoms with van der Waals surface area (Å²) in [5.41, 5.74) is 7.57. The number of nitrogens with zero attached hydrogens (tertiary/aromatic N) is 2. The van der Waals surface area contributed by atoms with Crippen LogP contribution >= 0.6 is 0 Å². The summed E-state index contributed by atoms with van der Waals surface area (Å²) in [7, 11) is -1.50. The highest BCUT2D eigenvalue weighted by Gasteiger charge is 2.44. The number of hydrogen-bond acceptors (Lipinski definition) is 2. The number of allylic oxidation sites excluding steroid dienone is 6. The molecule has 2 aliphatic heterocycles. The van der Waals surface area contributed by atoms with Crippen molar-refractivity contribution in [1.82, 2.24) is 0 Å². The molecule has 9 heteroatoms. The van der Waals surface area contributed by atoms with Crippen LogP contribution in [0.1, 0.15) is 64.5 Å². The molecule has 0 unspecified atom stereocenters. The molecule has 6 rings (SSSR count). The minimum atomic E-state index is -3.67. The van der Waals surface area contributed by atoms with E-state index in [1.807, 2.05) is 0 Å². The monoisotopic (exact) mass is 670 g/mol. The van der Waals surface area contributed by atoms with E-state index in [2.05, 4.69) is 147 Å². The topological polar surface area (TPSA) is 43.5 Å². The van der Waals surface area contributed by atoms with Crippen molar-refractivity contribution in [3.05, 3.63) is 120 Å². The summed E-state index contributed by atoms with van der Waals surface area (Å²) in [6.45, 7) is 10.2. The van der Waals surface area contributed by atoms with Crippen molar-refractivity contribution in [3.8, 4) is 0 Å². The number of aliphatic carboxylic acids is 1. The van der Waals surface area contributed by atoms with Crippen molar-refractivity contribution in [3.63, 3.8) is 0 Å². The minimum Gasteiger partial charge on any atom is -1.00 e. The van der Waals surface area contributed by atoms with Gasteiger partial charge in [-0.15, -0.1) is 0 Å². The third-order valence-corrected chi connectivity index (χ3v) is 9.65. The van der Waals surface area contributed by atoms with E-state index in [-0.39, 0.29) is 22.0 Å². The molecule has 0 fully saturated rings. The molecule has 0 saturated carbocycles. The summed E-state index contributed by atoms with van der Waals surface area (Å²) in [4.78, 5) is 13.5. The predicted molar refractivity (Wildman–Crippen MR) is 194 cm³/mol. The van der Waals surface area contributed by atoms with Gasteiger partial charge in [-0.1, -0.05) is 93.1 Å². The molecule has 0 spiro atoms. The van der Waals surface area contributed by atoms with Crippen LogP contribution in [0.5, 0.6) is 0 Å². The molecule has 4 nitrogen and oxygen atoms in total. The average molecular weight is 671 g/mol. The maximum Gasteiger partial charge on any atom is 0.762 e. The number of rotatable bonds is 9. The molecule has 1 N–H and O–H groups in total. The van der Waals surface area contributed by atoms with Gasteiger partial charge >= 0.3 is 13.5 Å². The Balaban J connectivity index is 0.00000103. The lowest BCUT2D eigenvalue weighted by Crippen LogP contribution is -3.00. The minimum absolute atomic E-state index is 0. The summed E-state index contributed by atoms with van der Waals surface area (Å²) in [6.07, 6.45) is 13.8. The van der Waals surface area contributed by atoms with Gasteiger partial charge in [0.25, 0.3) is 0 Å². The lowest BCUT2D eigenvalue weighted by molar-refractivity contribution is -0.401. The molecule has 0 saturated heterocycles. The Bertz CT molecular complexity index is 1960. The molecule has 2 aliphatic rings. The van der Waals surface area contributed by atoms with Gasteiger partial charge in [-0.3, -0.25) is 17.7 Å². The Kier molecular flexibility index (Phi) is 11.6. The van der Waals surface area contributed by atoms with Gasteiger partial charge in [0, 0.05) is 47.5 Å². The highest BCUT2D eigenvalue weighted by Crippen LogP contribution is 2.51. The molecule has 0 atom stereocenters. The standard InChI is InChI=1S/C40H42N2O2.BF3.FH/c1-39(2)34(41(5)32-25-23-28-16-11-13-18-30(28)37(32)39)20-8-6-9-21-35-40(3,4)38-31-19-14-12-17-29(31)24-26-33(38)42(35)27-15-7-10-22-36(43)44;2-1(3)4;/h6,8-9,11-14,16-21,23-26H,7,10,15,22,27H2,1-5H3;;1H. The van der Waals surface area contributed by atoms with Crippen LogP contribution < -0.4 is 9.60 Å². The van der Waals surface area contributed by atoms with E-state index in [1.165, 1.54) is 55.5 Å². The number of hydrogen-bond donors (Lipinski definition) is 1. The smallest absolute Gasteiger partial charge is 0.762 e. The quantitative estimate of drug-likeness (QED) is 0.0668. The Hall–Kier alpha value is -4.66. The molecule has 0 radical (unpaired) electrons. The van der Waals surface area contributed by atoms with Gasteiger partial charge in [-0.2, -0.15) is 4.58 Å². The average Bonchev–Trinajstić information content (AvgIpc) is 3.38. The van der Waals surface area contributed by atoms with Crippen LogP contribution in [0.25, 0.3) is 21.5 Å². The van der Waals surface area contributed by atoms with Crippen LogP contribution in [0, 0.1) is 0 Å². The summed E-state index contributed by atoms with van der Waals surface area (Å²) >= 11 is 0. The van der Waals surface area contributed by atoms with Crippen LogP contribution in [0.4, 0.5) is 24.3 Å². The zero-order chi connectivity index (χ0) is 34.6. The number of carboxylic acids is 1. The first-order valence-electron chi connectivity index (χ1n) is 16.5. The highest BCUT2D eigenvalue weighted by atomic mass is 19.4. The molecule has 256 valence electrons. The molecule has 49 heavy (non-hydrogen) atoms. The second kappa shape index (κ2) is 15.3. The van der Waals surface area contributed by atoms with E-state index in [0.717, 1.165) is 19.4 Å². The van der Waals surface area contributed by atoms with Gasteiger partial charge in [-0.25, -0.2) is 0 Å². The van der Waals surface area contributed by atoms with Gasteiger partial charge in [0.15, 0.2) is 5.71 Å².